The molecule has 1 aromatic rings. The highest BCUT2D eigenvalue weighted by atomic mass is 32.1. The minimum Gasteiger partial charge on any atom is -0.481 e. The van der Waals surface area contributed by atoms with Gasteiger partial charge in [0, 0.05) is 25.0 Å². The van der Waals surface area contributed by atoms with Crippen LogP contribution in [-0.4, -0.2) is 60.4 Å². The highest BCUT2D eigenvalue weighted by Crippen LogP contribution is 2.15. The molecule has 1 fully saturated rings. The molecule has 106 valence electrons. The van der Waals surface area contributed by atoms with Crippen LogP contribution in [0.25, 0.3) is 0 Å². The topological polar surface area (TPSA) is 74.7 Å². The molecule has 0 unspecified atom stereocenters. The van der Waals surface area contributed by atoms with Crippen molar-refractivity contribution in [1.29, 1.82) is 0 Å². The van der Waals surface area contributed by atoms with E-state index in [4.69, 9.17) is 9.84 Å². The summed E-state index contributed by atoms with van der Waals surface area (Å²) in [4.78, 5) is 17.2. The maximum atomic E-state index is 10.5. The molecule has 0 spiro atoms. The fraction of sp³-hybridized carbons (Fsp3) is 0.667. The number of morpholine rings is 1. The van der Waals surface area contributed by atoms with Crippen LogP contribution in [0, 0.1) is 0 Å². The summed E-state index contributed by atoms with van der Waals surface area (Å²) in [6.07, 6.45) is 1.04. The number of hydrogen-bond acceptors (Lipinski definition) is 6. The van der Waals surface area contributed by atoms with Gasteiger partial charge < -0.3 is 15.2 Å². The predicted octanol–water partition coefficient (Wildman–Crippen LogP) is 0.904. The fourth-order valence-electron chi connectivity index (χ4n) is 1.95. The first kappa shape index (κ1) is 14.2. The third kappa shape index (κ3) is 5.14. The lowest BCUT2D eigenvalue weighted by Crippen LogP contribution is -2.37. The van der Waals surface area contributed by atoms with Crippen molar-refractivity contribution in [2.24, 2.45) is 0 Å². The van der Waals surface area contributed by atoms with E-state index in [1.807, 2.05) is 0 Å². The van der Waals surface area contributed by atoms with Crippen LogP contribution < -0.4 is 5.32 Å². The van der Waals surface area contributed by atoms with E-state index in [0.29, 0.717) is 5.69 Å². The molecule has 1 aliphatic heterocycles. The van der Waals surface area contributed by atoms with Gasteiger partial charge in [0.05, 0.1) is 25.3 Å². The smallest absolute Gasteiger partial charge is 0.309 e. The lowest BCUT2D eigenvalue weighted by molar-refractivity contribution is -0.136. The van der Waals surface area contributed by atoms with E-state index >= 15 is 0 Å². The Hall–Kier alpha value is -1.18. The number of rotatable bonds is 7. The van der Waals surface area contributed by atoms with Crippen LogP contribution in [0.2, 0.25) is 0 Å². The Bertz CT molecular complexity index is 405. The Morgan fingerprint density at radius 2 is 2.32 bits per heavy atom. The Labute approximate surface area is 116 Å². The van der Waals surface area contributed by atoms with Crippen LogP contribution in [0.15, 0.2) is 5.38 Å². The zero-order chi connectivity index (χ0) is 13.5. The Morgan fingerprint density at radius 3 is 3.05 bits per heavy atom. The number of thiazole rings is 1. The largest absolute Gasteiger partial charge is 0.481 e. The Balaban J connectivity index is 1.62. The Morgan fingerprint density at radius 1 is 1.53 bits per heavy atom. The van der Waals surface area contributed by atoms with Gasteiger partial charge in [-0.05, 0) is 13.0 Å². The number of carbonyl (C=O) groups is 1. The highest BCUT2D eigenvalue weighted by molar-refractivity contribution is 7.13. The summed E-state index contributed by atoms with van der Waals surface area (Å²) in [5.74, 6) is -0.843. The molecule has 0 aliphatic carbocycles. The van der Waals surface area contributed by atoms with Crippen LogP contribution >= 0.6 is 11.3 Å². The van der Waals surface area contributed by atoms with E-state index in [-0.39, 0.29) is 6.42 Å². The molecule has 1 aliphatic rings. The second-order valence-electron chi connectivity index (χ2n) is 4.45. The van der Waals surface area contributed by atoms with Crippen molar-refractivity contribution >= 4 is 22.4 Å². The maximum absolute atomic E-state index is 10.5. The van der Waals surface area contributed by atoms with Crippen molar-refractivity contribution in [2.45, 2.75) is 12.8 Å². The monoisotopic (exact) mass is 285 g/mol. The number of nitrogens with one attached hydrogen (secondary N) is 1. The van der Waals surface area contributed by atoms with Gasteiger partial charge in [-0.1, -0.05) is 0 Å². The Kier molecular flexibility index (Phi) is 5.56. The van der Waals surface area contributed by atoms with Crippen molar-refractivity contribution in [3.05, 3.63) is 11.1 Å². The summed E-state index contributed by atoms with van der Waals surface area (Å²) in [7, 11) is 0. The molecule has 2 N–H and O–H groups in total. The van der Waals surface area contributed by atoms with Gasteiger partial charge in [0.25, 0.3) is 0 Å². The number of carboxylic acids is 1. The molecule has 0 aromatic carbocycles. The second kappa shape index (κ2) is 7.42. The van der Waals surface area contributed by atoms with Crippen LogP contribution in [0.1, 0.15) is 12.1 Å². The molecule has 2 heterocycles. The van der Waals surface area contributed by atoms with E-state index < -0.39 is 5.97 Å². The molecule has 1 aromatic heterocycles. The number of nitrogens with zero attached hydrogens (tertiary/aromatic N) is 2. The minimum atomic E-state index is -0.843. The zero-order valence-corrected chi connectivity index (χ0v) is 11.6. The molecular formula is C12H19N3O3S. The lowest BCUT2D eigenvalue weighted by Gasteiger charge is -2.26. The van der Waals surface area contributed by atoms with E-state index in [1.165, 1.54) is 11.3 Å². The average Bonchev–Trinajstić information content (AvgIpc) is 2.83. The lowest BCUT2D eigenvalue weighted by atomic mass is 10.3. The predicted molar refractivity (Wildman–Crippen MR) is 73.8 cm³/mol. The van der Waals surface area contributed by atoms with Gasteiger partial charge >= 0.3 is 5.97 Å². The van der Waals surface area contributed by atoms with Crippen LogP contribution in [0.3, 0.4) is 0 Å². The van der Waals surface area contributed by atoms with Crippen LogP contribution in [0.4, 0.5) is 5.13 Å². The first-order valence-corrected chi connectivity index (χ1v) is 7.32. The molecule has 0 atom stereocenters. The number of aromatic nitrogens is 1. The SMILES string of the molecule is O=C(O)Cc1csc(NCCCN2CCOCC2)n1. The van der Waals surface area contributed by atoms with E-state index in [2.05, 4.69) is 15.2 Å². The van der Waals surface area contributed by atoms with Gasteiger partial charge in [-0.25, -0.2) is 4.98 Å². The normalized spacial score (nSPS) is 16.4. The third-order valence-electron chi connectivity index (χ3n) is 2.92. The standard InChI is InChI=1S/C12H19N3O3S/c16-11(17)8-10-9-19-12(14-10)13-2-1-3-15-4-6-18-7-5-15/h9H,1-8H2,(H,13,14)(H,16,17). The fourth-order valence-corrected chi connectivity index (χ4v) is 2.69. The third-order valence-corrected chi connectivity index (χ3v) is 3.76. The molecule has 1 saturated heterocycles. The molecule has 0 amide bonds. The van der Waals surface area contributed by atoms with E-state index in [9.17, 15) is 4.79 Å². The number of anilines is 1. The maximum Gasteiger partial charge on any atom is 0.309 e. The van der Waals surface area contributed by atoms with Gasteiger partial charge in [0.2, 0.25) is 0 Å². The molecule has 19 heavy (non-hydrogen) atoms. The molecule has 0 radical (unpaired) electrons. The van der Waals surface area contributed by atoms with Crippen molar-refractivity contribution in [3.63, 3.8) is 0 Å². The minimum absolute atomic E-state index is 0.00798. The van der Waals surface area contributed by atoms with Gasteiger partial charge in [0.15, 0.2) is 5.13 Å². The van der Waals surface area contributed by atoms with E-state index in [1.54, 1.807) is 5.38 Å². The van der Waals surface area contributed by atoms with Crippen LogP contribution in [0.5, 0.6) is 0 Å². The zero-order valence-electron chi connectivity index (χ0n) is 10.8. The van der Waals surface area contributed by atoms with Gasteiger partial charge in [-0.2, -0.15) is 0 Å². The number of ether oxygens (including phenoxy) is 1. The molecule has 6 nitrogen and oxygen atoms in total. The summed E-state index contributed by atoms with van der Waals surface area (Å²) in [6.45, 7) is 5.61. The molecule has 0 bridgehead atoms. The second-order valence-corrected chi connectivity index (χ2v) is 5.31. The average molecular weight is 285 g/mol. The van der Waals surface area contributed by atoms with Crippen molar-refractivity contribution in [1.82, 2.24) is 9.88 Å². The molecule has 7 heteroatoms. The van der Waals surface area contributed by atoms with Crippen molar-refractivity contribution < 1.29 is 14.6 Å². The summed E-state index contributed by atoms with van der Waals surface area (Å²) in [6, 6.07) is 0. The first-order chi connectivity index (χ1) is 9.24. The van der Waals surface area contributed by atoms with Crippen molar-refractivity contribution in [2.75, 3.05) is 44.7 Å². The molecule has 0 saturated carbocycles. The number of hydrogen-bond donors (Lipinski definition) is 2. The number of carboxylic acid groups (broad SMARTS) is 1. The van der Waals surface area contributed by atoms with E-state index in [0.717, 1.165) is 50.9 Å². The summed E-state index contributed by atoms with van der Waals surface area (Å²) >= 11 is 1.46. The van der Waals surface area contributed by atoms with Gasteiger partial charge in [0.1, 0.15) is 0 Å². The quantitative estimate of drug-likeness (QED) is 0.725. The highest BCUT2D eigenvalue weighted by Gasteiger charge is 2.09. The van der Waals surface area contributed by atoms with Gasteiger partial charge in [-0.3, -0.25) is 9.69 Å². The van der Waals surface area contributed by atoms with Crippen molar-refractivity contribution in [3.8, 4) is 0 Å². The summed E-state index contributed by atoms with van der Waals surface area (Å²) in [5, 5.41) is 14.5. The van der Waals surface area contributed by atoms with Crippen LogP contribution in [-0.2, 0) is 16.0 Å². The molecular weight excluding hydrogens is 266 g/mol. The molecule has 2 rings (SSSR count). The first-order valence-electron chi connectivity index (χ1n) is 6.44. The van der Waals surface area contributed by atoms with Gasteiger partial charge in [-0.15, -0.1) is 11.3 Å². The summed E-state index contributed by atoms with van der Waals surface area (Å²) in [5.41, 5.74) is 0.619. The number of aliphatic carboxylic acids is 1. The summed E-state index contributed by atoms with van der Waals surface area (Å²) < 4.78 is 5.30.